The van der Waals surface area contributed by atoms with Crippen molar-refractivity contribution in [2.24, 2.45) is 5.92 Å². The molecule has 0 saturated carbocycles. The lowest BCUT2D eigenvalue weighted by Crippen LogP contribution is -2.48. The molecule has 4 N–H and O–H groups in total. The molecule has 1 aliphatic rings. The summed E-state index contributed by atoms with van der Waals surface area (Å²) in [7, 11) is 0. The van der Waals surface area contributed by atoms with Crippen LogP contribution in [0.3, 0.4) is 0 Å². The molecule has 3 unspecified atom stereocenters. The van der Waals surface area contributed by atoms with Crippen LogP contribution in [-0.2, 0) is 9.53 Å². The zero-order valence-corrected chi connectivity index (χ0v) is 11.1. The van der Waals surface area contributed by atoms with Crippen LogP contribution in [0.1, 0.15) is 25.2 Å². The third-order valence-corrected chi connectivity index (χ3v) is 3.28. The number of carboxylic acid groups (broad SMARTS) is 1. The maximum atomic E-state index is 11.9. The van der Waals surface area contributed by atoms with Gasteiger partial charge in [-0.1, -0.05) is 6.92 Å². The van der Waals surface area contributed by atoms with Crippen molar-refractivity contribution in [2.45, 2.75) is 25.4 Å². The van der Waals surface area contributed by atoms with Crippen LogP contribution >= 0.6 is 0 Å². The van der Waals surface area contributed by atoms with E-state index in [1.165, 1.54) is 0 Å². The molecule has 20 heavy (non-hydrogen) atoms. The Hall–Kier alpha value is -2.09. The fraction of sp³-hybridized carbons (Fsp3) is 0.583. The molecule has 1 aliphatic heterocycles. The zero-order chi connectivity index (χ0) is 14.5. The Morgan fingerprint density at radius 2 is 2.40 bits per heavy atom. The summed E-state index contributed by atoms with van der Waals surface area (Å²) in [5.41, 5.74) is 0. The second-order valence-electron chi connectivity index (χ2n) is 4.64. The standard InChI is InChI=1S/C12H18N4O4/c1-2-8(10-13-3-4-14-10)15-12(19)16-9-6-20-5-7(9)11(17)18/h3-4,7-9H,2,5-6H2,1H3,(H,13,14)(H,17,18)(H2,15,16,19). The molecule has 3 atom stereocenters. The molecule has 0 aliphatic carbocycles. The minimum Gasteiger partial charge on any atom is -0.481 e. The second kappa shape index (κ2) is 6.38. The molecule has 2 amide bonds. The number of amides is 2. The number of imidazole rings is 1. The largest absolute Gasteiger partial charge is 0.481 e. The van der Waals surface area contributed by atoms with E-state index in [0.29, 0.717) is 12.2 Å². The smallest absolute Gasteiger partial charge is 0.315 e. The molecular weight excluding hydrogens is 264 g/mol. The van der Waals surface area contributed by atoms with Gasteiger partial charge in [0.25, 0.3) is 0 Å². The summed E-state index contributed by atoms with van der Waals surface area (Å²) >= 11 is 0. The number of hydrogen-bond acceptors (Lipinski definition) is 4. The molecule has 0 bridgehead atoms. The van der Waals surface area contributed by atoms with Gasteiger partial charge < -0.3 is 25.5 Å². The topological polar surface area (TPSA) is 116 Å². The van der Waals surface area contributed by atoms with Gasteiger partial charge in [-0.05, 0) is 6.42 Å². The molecule has 0 radical (unpaired) electrons. The predicted molar refractivity (Wildman–Crippen MR) is 69.0 cm³/mol. The third-order valence-electron chi connectivity index (χ3n) is 3.28. The van der Waals surface area contributed by atoms with Crippen LogP contribution in [0.15, 0.2) is 12.4 Å². The summed E-state index contributed by atoms with van der Waals surface area (Å²) in [6.45, 7) is 2.25. The number of carbonyl (C=O) groups is 2. The van der Waals surface area contributed by atoms with E-state index in [2.05, 4.69) is 20.6 Å². The minimum absolute atomic E-state index is 0.121. The van der Waals surface area contributed by atoms with Crippen molar-refractivity contribution >= 4 is 12.0 Å². The van der Waals surface area contributed by atoms with Crippen molar-refractivity contribution in [3.05, 3.63) is 18.2 Å². The van der Waals surface area contributed by atoms with Crippen LogP contribution in [-0.4, -0.2) is 46.3 Å². The number of aromatic nitrogens is 2. The summed E-state index contributed by atoms with van der Waals surface area (Å²) in [4.78, 5) is 30.0. The van der Waals surface area contributed by atoms with E-state index in [4.69, 9.17) is 9.84 Å². The van der Waals surface area contributed by atoms with Gasteiger partial charge in [-0.2, -0.15) is 0 Å². The van der Waals surface area contributed by atoms with E-state index in [9.17, 15) is 9.59 Å². The quantitative estimate of drug-likeness (QED) is 0.618. The van der Waals surface area contributed by atoms with Crippen molar-refractivity contribution in [1.82, 2.24) is 20.6 Å². The molecular formula is C12H18N4O4. The maximum absolute atomic E-state index is 11.9. The van der Waals surface area contributed by atoms with Crippen LogP contribution in [0.4, 0.5) is 4.79 Å². The molecule has 1 aromatic heterocycles. The second-order valence-corrected chi connectivity index (χ2v) is 4.64. The zero-order valence-electron chi connectivity index (χ0n) is 11.1. The number of rotatable bonds is 5. The van der Waals surface area contributed by atoms with Gasteiger partial charge in [0, 0.05) is 12.4 Å². The number of nitrogens with one attached hydrogen (secondary N) is 3. The molecule has 8 nitrogen and oxygen atoms in total. The van der Waals surface area contributed by atoms with Gasteiger partial charge in [-0.25, -0.2) is 9.78 Å². The van der Waals surface area contributed by atoms with Crippen molar-refractivity contribution < 1.29 is 19.4 Å². The summed E-state index contributed by atoms with van der Waals surface area (Å²) in [6.07, 6.45) is 3.97. The average Bonchev–Trinajstić information content (AvgIpc) is 3.06. The van der Waals surface area contributed by atoms with Crippen LogP contribution in [0, 0.1) is 5.92 Å². The van der Waals surface area contributed by atoms with Gasteiger partial charge in [0.2, 0.25) is 0 Å². The Morgan fingerprint density at radius 1 is 1.60 bits per heavy atom. The third kappa shape index (κ3) is 3.27. The number of nitrogens with zero attached hydrogens (tertiary/aromatic N) is 1. The monoisotopic (exact) mass is 282 g/mol. The highest BCUT2D eigenvalue weighted by Gasteiger charge is 2.35. The fourth-order valence-corrected chi connectivity index (χ4v) is 2.14. The average molecular weight is 282 g/mol. The van der Waals surface area contributed by atoms with Crippen molar-refractivity contribution in [2.75, 3.05) is 13.2 Å². The van der Waals surface area contributed by atoms with Gasteiger partial charge >= 0.3 is 12.0 Å². The van der Waals surface area contributed by atoms with Gasteiger partial charge in [-0.3, -0.25) is 4.79 Å². The van der Waals surface area contributed by atoms with Crippen LogP contribution in [0.2, 0.25) is 0 Å². The summed E-state index contributed by atoms with van der Waals surface area (Å²) in [6, 6.07) is -1.17. The first kappa shape index (κ1) is 14.3. The number of aliphatic carboxylic acids is 1. The van der Waals surface area contributed by atoms with E-state index < -0.39 is 24.0 Å². The maximum Gasteiger partial charge on any atom is 0.315 e. The molecule has 8 heteroatoms. The molecule has 2 rings (SSSR count). The number of hydrogen-bond donors (Lipinski definition) is 4. The first-order valence-corrected chi connectivity index (χ1v) is 6.48. The highest BCUT2D eigenvalue weighted by molar-refractivity contribution is 5.77. The number of carboxylic acids is 1. The Labute approximate surface area is 115 Å². The van der Waals surface area contributed by atoms with Crippen molar-refractivity contribution in [1.29, 1.82) is 0 Å². The summed E-state index contributed by atoms with van der Waals surface area (Å²) < 4.78 is 5.09. The number of H-pyrrole nitrogens is 1. The molecule has 1 saturated heterocycles. The Kier molecular flexibility index (Phi) is 4.57. The van der Waals surface area contributed by atoms with Gasteiger partial charge in [-0.15, -0.1) is 0 Å². The predicted octanol–water partition coefficient (Wildman–Crippen LogP) is 0.260. The van der Waals surface area contributed by atoms with Crippen molar-refractivity contribution in [3.63, 3.8) is 0 Å². The normalized spacial score (nSPS) is 23.2. The van der Waals surface area contributed by atoms with E-state index in [1.54, 1.807) is 12.4 Å². The summed E-state index contributed by atoms with van der Waals surface area (Å²) in [5.74, 6) is -1.00. The number of ether oxygens (including phenoxy) is 1. The molecule has 2 heterocycles. The van der Waals surface area contributed by atoms with E-state index >= 15 is 0 Å². The number of aromatic amines is 1. The summed E-state index contributed by atoms with van der Waals surface area (Å²) in [5, 5.41) is 14.4. The first-order chi connectivity index (χ1) is 9.61. The SMILES string of the molecule is CCC(NC(=O)NC1COCC1C(=O)O)c1ncc[nH]1. The molecule has 1 fully saturated rings. The Balaban J connectivity index is 1.90. The first-order valence-electron chi connectivity index (χ1n) is 6.48. The number of carbonyl (C=O) groups excluding carboxylic acids is 1. The molecule has 0 aromatic carbocycles. The molecule has 110 valence electrons. The highest BCUT2D eigenvalue weighted by Crippen LogP contribution is 2.15. The van der Waals surface area contributed by atoms with Gasteiger partial charge in [0.05, 0.1) is 25.3 Å². The lowest BCUT2D eigenvalue weighted by molar-refractivity contribution is -0.142. The lowest BCUT2D eigenvalue weighted by atomic mass is 10.0. The Bertz CT molecular complexity index is 462. The number of urea groups is 1. The molecule has 1 aromatic rings. The van der Waals surface area contributed by atoms with E-state index in [1.807, 2.05) is 6.92 Å². The van der Waals surface area contributed by atoms with E-state index in [0.717, 1.165) is 0 Å². The molecule has 0 spiro atoms. The lowest BCUT2D eigenvalue weighted by Gasteiger charge is -2.19. The van der Waals surface area contributed by atoms with Crippen LogP contribution < -0.4 is 10.6 Å². The van der Waals surface area contributed by atoms with Crippen LogP contribution in [0.25, 0.3) is 0 Å². The van der Waals surface area contributed by atoms with Crippen LogP contribution in [0.5, 0.6) is 0 Å². The van der Waals surface area contributed by atoms with E-state index in [-0.39, 0.29) is 19.3 Å². The fourth-order valence-electron chi connectivity index (χ4n) is 2.14. The van der Waals surface area contributed by atoms with Gasteiger partial charge in [0.15, 0.2) is 0 Å². The van der Waals surface area contributed by atoms with Gasteiger partial charge in [0.1, 0.15) is 11.7 Å². The Morgan fingerprint density at radius 3 is 3.00 bits per heavy atom. The minimum atomic E-state index is -0.967. The highest BCUT2D eigenvalue weighted by atomic mass is 16.5. The van der Waals surface area contributed by atoms with Crippen molar-refractivity contribution in [3.8, 4) is 0 Å².